The molecular formula is C18H13ClN4O2. The number of aromatic amines is 1. The number of nitrogens with one attached hydrogen (secondary N) is 1. The average Bonchev–Trinajstić information content (AvgIpc) is 3.01. The molecule has 0 saturated carbocycles. The highest BCUT2D eigenvalue weighted by Gasteiger charge is 2.11. The van der Waals surface area contributed by atoms with Crippen molar-refractivity contribution in [3.8, 4) is 5.75 Å². The van der Waals surface area contributed by atoms with E-state index < -0.39 is 0 Å². The highest BCUT2D eigenvalue weighted by atomic mass is 35.5. The van der Waals surface area contributed by atoms with Gasteiger partial charge in [-0.05, 0) is 35.9 Å². The molecule has 0 aliphatic rings. The fourth-order valence-electron chi connectivity index (χ4n) is 2.61. The lowest BCUT2D eigenvalue weighted by Gasteiger charge is -1.99. The first kappa shape index (κ1) is 15.4. The fraction of sp³-hybridized carbons (Fsp3) is 0.0556. The summed E-state index contributed by atoms with van der Waals surface area (Å²) in [5, 5.41) is 5.67. The van der Waals surface area contributed by atoms with Crippen LogP contribution in [0.5, 0.6) is 5.75 Å². The second kappa shape index (κ2) is 6.07. The second-order valence-electron chi connectivity index (χ2n) is 5.45. The van der Waals surface area contributed by atoms with Crippen LogP contribution in [0.15, 0.2) is 58.7 Å². The standard InChI is InChI=1S/C18H13ClN4O2/c1-25-13-6-7-15-14(8-13)16-17(22-15)18(24)23(10-20-16)21-9-11-2-4-12(19)5-3-11/h2-10,22H,1H3/b21-9+. The SMILES string of the molecule is COc1ccc2[nH]c3c(=O)n(/N=C/c4ccc(Cl)cc4)cnc3c2c1. The van der Waals surface area contributed by atoms with E-state index in [2.05, 4.69) is 15.1 Å². The smallest absolute Gasteiger partial charge is 0.298 e. The topological polar surface area (TPSA) is 72.3 Å². The molecule has 2 aromatic carbocycles. The third-order valence-corrected chi connectivity index (χ3v) is 4.15. The summed E-state index contributed by atoms with van der Waals surface area (Å²) in [6, 6.07) is 12.7. The Bertz CT molecular complexity index is 1160. The Morgan fingerprint density at radius 2 is 2.04 bits per heavy atom. The van der Waals surface area contributed by atoms with E-state index >= 15 is 0 Å². The Kier molecular flexibility index (Phi) is 3.74. The van der Waals surface area contributed by atoms with Crippen molar-refractivity contribution < 1.29 is 4.74 Å². The van der Waals surface area contributed by atoms with Crippen molar-refractivity contribution in [1.29, 1.82) is 0 Å². The number of nitrogens with zero attached hydrogens (tertiary/aromatic N) is 3. The molecule has 2 heterocycles. The zero-order chi connectivity index (χ0) is 17.4. The monoisotopic (exact) mass is 352 g/mol. The first-order chi connectivity index (χ1) is 12.2. The fourth-order valence-corrected chi connectivity index (χ4v) is 2.74. The van der Waals surface area contributed by atoms with E-state index in [1.807, 2.05) is 30.3 Å². The van der Waals surface area contributed by atoms with E-state index in [-0.39, 0.29) is 5.56 Å². The molecule has 0 aliphatic carbocycles. The van der Waals surface area contributed by atoms with Crippen LogP contribution >= 0.6 is 11.6 Å². The van der Waals surface area contributed by atoms with E-state index in [4.69, 9.17) is 16.3 Å². The van der Waals surface area contributed by atoms with Gasteiger partial charge in [0.15, 0.2) is 0 Å². The molecule has 0 fully saturated rings. The number of hydrogen-bond donors (Lipinski definition) is 1. The first-order valence-electron chi connectivity index (χ1n) is 7.53. The molecule has 0 aliphatic heterocycles. The van der Waals surface area contributed by atoms with Gasteiger partial charge in [-0.3, -0.25) is 4.79 Å². The predicted molar refractivity (Wildman–Crippen MR) is 98.9 cm³/mol. The molecule has 124 valence electrons. The van der Waals surface area contributed by atoms with Gasteiger partial charge in [0.25, 0.3) is 5.56 Å². The van der Waals surface area contributed by atoms with Crippen LogP contribution in [0.1, 0.15) is 5.56 Å². The van der Waals surface area contributed by atoms with Gasteiger partial charge in [0, 0.05) is 15.9 Å². The quantitative estimate of drug-likeness (QED) is 0.574. The summed E-state index contributed by atoms with van der Waals surface area (Å²) in [6.07, 6.45) is 2.99. The Balaban J connectivity index is 1.81. The summed E-state index contributed by atoms with van der Waals surface area (Å²) in [5.41, 5.74) is 2.37. The van der Waals surface area contributed by atoms with Gasteiger partial charge in [0.05, 0.1) is 13.3 Å². The van der Waals surface area contributed by atoms with E-state index in [9.17, 15) is 4.79 Å². The number of halogens is 1. The maximum Gasteiger partial charge on any atom is 0.298 e. The van der Waals surface area contributed by atoms with Crippen LogP contribution in [0.25, 0.3) is 21.9 Å². The Labute approximate surface area is 147 Å². The van der Waals surface area contributed by atoms with Crippen molar-refractivity contribution in [1.82, 2.24) is 14.6 Å². The lowest BCUT2D eigenvalue weighted by atomic mass is 10.2. The molecule has 6 nitrogen and oxygen atoms in total. The van der Waals surface area contributed by atoms with Crippen LogP contribution in [-0.2, 0) is 0 Å². The molecule has 2 aromatic heterocycles. The van der Waals surface area contributed by atoms with E-state index in [0.29, 0.717) is 21.8 Å². The van der Waals surface area contributed by atoms with Gasteiger partial charge in [-0.25, -0.2) is 4.98 Å². The van der Waals surface area contributed by atoms with Crippen LogP contribution in [0.3, 0.4) is 0 Å². The van der Waals surface area contributed by atoms with Gasteiger partial charge >= 0.3 is 0 Å². The molecule has 0 atom stereocenters. The molecule has 0 unspecified atom stereocenters. The molecule has 0 saturated heterocycles. The van der Waals surface area contributed by atoms with Crippen molar-refractivity contribution >= 4 is 39.8 Å². The molecule has 4 rings (SSSR count). The van der Waals surface area contributed by atoms with Gasteiger partial charge < -0.3 is 9.72 Å². The van der Waals surface area contributed by atoms with Gasteiger partial charge in [-0.2, -0.15) is 9.78 Å². The zero-order valence-electron chi connectivity index (χ0n) is 13.2. The van der Waals surface area contributed by atoms with Crippen LogP contribution in [0, 0.1) is 0 Å². The third-order valence-electron chi connectivity index (χ3n) is 3.90. The van der Waals surface area contributed by atoms with Crippen LogP contribution in [-0.4, -0.2) is 28.0 Å². The van der Waals surface area contributed by atoms with Crippen molar-refractivity contribution in [2.45, 2.75) is 0 Å². The largest absolute Gasteiger partial charge is 0.497 e. The number of H-pyrrole nitrogens is 1. The molecular weight excluding hydrogens is 340 g/mol. The highest BCUT2D eigenvalue weighted by molar-refractivity contribution is 6.30. The normalized spacial score (nSPS) is 11.6. The second-order valence-corrected chi connectivity index (χ2v) is 5.89. The molecule has 7 heteroatoms. The average molecular weight is 353 g/mol. The molecule has 1 N–H and O–H groups in total. The summed E-state index contributed by atoms with van der Waals surface area (Å²) < 4.78 is 6.43. The van der Waals surface area contributed by atoms with E-state index in [1.54, 1.807) is 25.5 Å². The molecule has 0 bridgehead atoms. The van der Waals surface area contributed by atoms with E-state index in [0.717, 1.165) is 16.5 Å². The number of benzene rings is 2. The lowest BCUT2D eigenvalue weighted by Crippen LogP contribution is -2.17. The molecule has 4 aromatic rings. The summed E-state index contributed by atoms with van der Waals surface area (Å²) in [6.45, 7) is 0. The van der Waals surface area contributed by atoms with Crippen molar-refractivity contribution in [2.24, 2.45) is 5.10 Å². The van der Waals surface area contributed by atoms with Crippen LogP contribution in [0.2, 0.25) is 5.02 Å². The van der Waals surface area contributed by atoms with Crippen LogP contribution in [0.4, 0.5) is 0 Å². The maximum atomic E-state index is 12.7. The Morgan fingerprint density at radius 3 is 2.80 bits per heavy atom. The summed E-state index contributed by atoms with van der Waals surface area (Å²) in [5.74, 6) is 0.708. The number of fused-ring (bicyclic) bond motifs is 3. The van der Waals surface area contributed by atoms with Gasteiger partial charge in [-0.15, -0.1) is 0 Å². The zero-order valence-corrected chi connectivity index (χ0v) is 14.0. The molecule has 0 spiro atoms. The highest BCUT2D eigenvalue weighted by Crippen LogP contribution is 2.25. The summed E-state index contributed by atoms with van der Waals surface area (Å²) in [4.78, 5) is 20.1. The minimum Gasteiger partial charge on any atom is -0.497 e. The Morgan fingerprint density at radius 1 is 1.24 bits per heavy atom. The Hall–Kier alpha value is -3.12. The molecule has 0 radical (unpaired) electrons. The summed E-state index contributed by atoms with van der Waals surface area (Å²) in [7, 11) is 1.60. The molecule has 25 heavy (non-hydrogen) atoms. The van der Waals surface area contributed by atoms with Crippen molar-refractivity contribution in [3.63, 3.8) is 0 Å². The summed E-state index contributed by atoms with van der Waals surface area (Å²) >= 11 is 5.86. The number of hydrogen-bond acceptors (Lipinski definition) is 4. The number of ether oxygens (including phenoxy) is 1. The maximum absolute atomic E-state index is 12.7. The van der Waals surface area contributed by atoms with Crippen molar-refractivity contribution in [2.75, 3.05) is 7.11 Å². The number of rotatable bonds is 3. The van der Waals surface area contributed by atoms with Crippen LogP contribution < -0.4 is 10.3 Å². The van der Waals surface area contributed by atoms with E-state index in [1.165, 1.54) is 11.0 Å². The first-order valence-corrected chi connectivity index (χ1v) is 7.90. The molecule has 0 amide bonds. The minimum atomic E-state index is -0.273. The lowest BCUT2D eigenvalue weighted by molar-refractivity contribution is 0.415. The van der Waals surface area contributed by atoms with Gasteiger partial charge in [0.1, 0.15) is 23.1 Å². The predicted octanol–water partition coefficient (Wildman–Crippen LogP) is 3.42. The van der Waals surface area contributed by atoms with Gasteiger partial charge in [-0.1, -0.05) is 23.7 Å². The number of methoxy groups -OCH3 is 1. The van der Waals surface area contributed by atoms with Crippen molar-refractivity contribution in [3.05, 3.63) is 69.7 Å². The minimum absolute atomic E-state index is 0.273. The van der Waals surface area contributed by atoms with Gasteiger partial charge in [0.2, 0.25) is 0 Å². The number of aromatic nitrogens is 3. The third kappa shape index (κ3) is 2.77.